The molecule has 0 aliphatic carbocycles. The molecule has 6 nitrogen and oxygen atoms in total. The molecule has 0 radical (unpaired) electrons. The van der Waals surface area contributed by atoms with Gasteiger partial charge in [0.1, 0.15) is 11.4 Å². The Labute approximate surface area is 136 Å². The smallest absolute Gasteiger partial charge is 0.362 e. The summed E-state index contributed by atoms with van der Waals surface area (Å²) >= 11 is 0. The van der Waals surface area contributed by atoms with E-state index < -0.39 is 17.5 Å². The van der Waals surface area contributed by atoms with Gasteiger partial charge in [-0.15, -0.1) is 0 Å². The van der Waals surface area contributed by atoms with Gasteiger partial charge in [-0.2, -0.15) is 0 Å². The Kier molecular flexibility index (Phi) is 4.15. The molecule has 2 aromatic carbocycles. The fourth-order valence-electron chi connectivity index (χ4n) is 2.33. The lowest BCUT2D eigenvalue weighted by molar-refractivity contribution is 0.262. The Bertz CT molecular complexity index is 951. The van der Waals surface area contributed by atoms with Gasteiger partial charge in [0.2, 0.25) is 0 Å². The molecule has 0 bridgehead atoms. The first-order chi connectivity index (χ1) is 11.6. The molecule has 0 unspecified atom stereocenters. The largest absolute Gasteiger partial charge is 0.421 e. The third-order valence-electron chi connectivity index (χ3n) is 3.40. The van der Waals surface area contributed by atoms with Crippen LogP contribution in [0.3, 0.4) is 0 Å². The standard InChI is InChI=1S/C17H14FN3O3/c1-19-14-12-4-2-3-5-13(12)24-16(22)15(14)21-17(23)20-11-8-6-10(18)7-9-11/h2-9,19H,1H3,(H2,20,21,23). The van der Waals surface area contributed by atoms with Crippen LogP contribution in [0.2, 0.25) is 0 Å². The summed E-state index contributed by atoms with van der Waals surface area (Å²) in [5.74, 6) is -0.409. The van der Waals surface area contributed by atoms with Gasteiger partial charge in [0.25, 0.3) is 0 Å². The van der Waals surface area contributed by atoms with Gasteiger partial charge >= 0.3 is 11.7 Å². The zero-order chi connectivity index (χ0) is 17.1. The first kappa shape index (κ1) is 15.5. The molecule has 24 heavy (non-hydrogen) atoms. The number of amides is 2. The summed E-state index contributed by atoms with van der Waals surface area (Å²) < 4.78 is 18.1. The highest BCUT2D eigenvalue weighted by atomic mass is 19.1. The van der Waals surface area contributed by atoms with Gasteiger partial charge in [0, 0.05) is 18.1 Å². The fourth-order valence-corrected chi connectivity index (χ4v) is 2.33. The minimum Gasteiger partial charge on any atom is -0.421 e. The average molecular weight is 327 g/mol. The number of halogens is 1. The highest BCUT2D eigenvalue weighted by Crippen LogP contribution is 2.28. The van der Waals surface area contributed by atoms with Crippen LogP contribution in [-0.2, 0) is 0 Å². The van der Waals surface area contributed by atoms with E-state index >= 15 is 0 Å². The van der Waals surface area contributed by atoms with Crippen molar-refractivity contribution in [2.24, 2.45) is 0 Å². The van der Waals surface area contributed by atoms with Crippen molar-refractivity contribution in [1.82, 2.24) is 0 Å². The van der Waals surface area contributed by atoms with Crippen LogP contribution in [0, 0.1) is 5.82 Å². The van der Waals surface area contributed by atoms with Gasteiger partial charge in [0.05, 0.1) is 5.69 Å². The molecule has 0 aliphatic rings. The molecular formula is C17H14FN3O3. The molecule has 7 heteroatoms. The summed E-state index contributed by atoms with van der Waals surface area (Å²) in [4.78, 5) is 24.2. The van der Waals surface area contributed by atoms with Crippen LogP contribution in [0.1, 0.15) is 0 Å². The predicted octanol–water partition coefficient (Wildman–Crippen LogP) is 3.62. The Hall–Kier alpha value is -3.35. The van der Waals surface area contributed by atoms with E-state index in [-0.39, 0.29) is 5.69 Å². The maximum Gasteiger partial charge on any atom is 0.362 e. The van der Waals surface area contributed by atoms with E-state index in [1.807, 2.05) is 0 Å². The highest BCUT2D eigenvalue weighted by molar-refractivity contribution is 6.05. The number of fused-ring (bicyclic) bond motifs is 1. The predicted molar refractivity (Wildman–Crippen MR) is 91.1 cm³/mol. The monoisotopic (exact) mass is 327 g/mol. The zero-order valence-electron chi connectivity index (χ0n) is 12.7. The fraction of sp³-hybridized carbons (Fsp3) is 0.0588. The lowest BCUT2D eigenvalue weighted by Gasteiger charge is -2.12. The second kappa shape index (κ2) is 6.41. The molecule has 122 valence electrons. The van der Waals surface area contributed by atoms with Crippen LogP contribution < -0.4 is 21.6 Å². The molecular weight excluding hydrogens is 313 g/mol. The number of carbonyl (C=O) groups is 1. The van der Waals surface area contributed by atoms with Crippen molar-refractivity contribution >= 4 is 34.1 Å². The van der Waals surface area contributed by atoms with Crippen LogP contribution in [0.4, 0.5) is 26.2 Å². The number of hydrogen-bond acceptors (Lipinski definition) is 4. The Balaban J connectivity index is 1.91. The number of carbonyl (C=O) groups excluding carboxylic acids is 1. The van der Waals surface area contributed by atoms with Crippen LogP contribution in [-0.4, -0.2) is 13.1 Å². The quantitative estimate of drug-likeness (QED) is 0.642. The summed E-state index contributed by atoms with van der Waals surface area (Å²) in [7, 11) is 1.64. The zero-order valence-corrected chi connectivity index (χ0v) is 12.7. The SMILES string of the molecule is CNc1c(NC(=O)Nc2ccc(F)cc2)c(=O)oc2ccccc12. The maximum atomic E-state index is 12.9. The van der Waals surface area contributed by atoms with Crippen molar-refractivity contribution in [3.05, 3.63) is 64.8 Å². The molecule has 0 atom stereocenters. The summed E-state index contributed by atoms with van der Waals surface area (Å²) in [6.45, 7) is 0. The molecule has 0 aliphatic heterocycles. The Morgan fingerprint density at radius 2 is 1.71 bits per heavy atom. The molecule has 3 rings (SSSR count). The molecule has 1 aromatic heterocycles. The third kappa shape index (κ3) is 3.05. The molecule has 0 fully saturated rings. The Morgan fingerprint density at radius 3 is 2.42 bits per heavy atom. The van der Waals surface area contributed by atoms with Crippen LogP contribution in [0.5, 0.6) is 0 Å². The van der Waals surface area contributed by atoms with E-state index in [1.165, 1.54) is 24.3 Å². The molecule has 0 spiro atoms. The summed E-state index contributed by atoms with van der Waals surface area (Å²) in [5.41, 5.74) is 0.584. The van der Waals surface area contributed by atoms with Gasteiger partial charge in [-0.3, -0.25) is 5.32 Å². The number of anilines is 3. The number of benzene rings is 2. The van der Waals surface area contributed by atoms with Gasteiger partial charge in [-0.05, 0) is 36.4 Å². The number of para-hydroxylation sites is 1. The highest BCUT2D eigenvalue weighted by Gasteiger charge is 2.16. The van der Waals surface area contributed by atoms with E-state index in [1.54, 1.807) is 31.3 Å². The Morgan fingerprint density at radius 1 is 1.00 bits per heavy atom. The number of urea groups is 1. The second-order valence-electron chi connectivity index (χ2n) is 4.97. The number of nitrogens with one attached hydrogen (secondary N) is 3. The van der Waals surface area contributed by atoms with Crippen LogP contribution in [0.25, 0.3) is 11.0 Å². The molecule has 0 saturated heterocycles. The van der Waals surface area contributed by atoms with Gasteiger partial charge < -0.3 is 15.1 Å². The van der Waals surface area contributed by atoms with Crippen molar-refractivity contribution in [1.29, 1.82) is 0 Å². The first-order valence-electron chi connectivity index (χ1n) is 7.15. The minimum atomic E-state index is -0.674. The van der Waals surface area contributed by atoms with Crippen LogP contribution in [0.15, 0.2) is 57.7 Å². The van der Waals surface area contributed by atoms with E-state index in [9.17, 15) is 14.0 Å². The van der Waals surface area contributed by atoms with E-state index in [4.69, 9.17) is 4.42 Å². The van der Waals surface area contributed by atoms with Gasteiger partial charge in [-0.25, -0.2) is 14.0 Å². The first-order valence-corrected chi connectivity index (χ1v) is 7.15. The molecule has 3 aromatic rings. The van der Waals surface area contributed by atoms with Crippen molar-refractivity contribution in [2.45, 2.75) is 0 Å². The molecule has 2 amide bonds. The van der Waals surface area contributed by atoms with Gasteiger partial charge in [0.15, 0.2) is 5.69 Å². The second-order valence-corrected chi connectivity index (χ2v) is 4.97. The lowest BCUT2D eigenvalue weighted by Crippen LogP contribution is -2.24. The number of rotatable bonds is 3. The van der Waals surface area contributed by atoms with Crippen LogP contribution >= 0.6 is 0 Å². The van der Waals surface area contributed by atoms with Crippen molar-refractivity contribution < 1.29 is 13.6 Å². The third-order valence-corrected chi connectivity index (χ3v) is 3.40. The topological polar surface area (TPSA) is 83.4 Å². The van der Waals surface area contributed by atoms with Gasteiger partial charge in [-0.1, -0.05) is 12.1 Å². The summed E-state index contributed by atoms with van der Waals surface area (Å²) in [6.07, 6.45) is 0. The summed E-state index contributed by atoms with van der Waals surface area (Å²) in [6, 6.07) is 11.6. The van der Waals surface area contributed by atoms with Crippen molar-refractivity contribution in [2.75, 3.05) is 23.0 Å². The normalized spacial score (nSPS) is 10.4. The lowest BCUT2D eigenvalue weighted by atomic mass is 10.2. The molecule has 0 saturated carbocycles. The van der Waals surface area contributed by atoms with Crippen molar-refractivity contribution in [3.8, 4) is 0 Å². The van der Waals surface area contributed by atoms with E-state index in [0.29, 0.717) is 22.3 Å². The minimum absolute atomic E-state index is 0.00388. The van der Waals surface area contributed by atoms with E-state index in [0.717, 1.165) is 0 Å². The molecule has 3 N–H and O–H groups in total. The van der Waals surface area contributed by atoms with E-state index in [2.05, 4.69) is 16.0 Å². The average Bonchev–Trinajstić information content (AvgIpc) is 2.57. The maximum absolute atomic E-state index is 12.9. The molecule has 1 heterocycles. The number of hydrogen-bond donors (Lipinski definition) is 3. The summed E-state index contributed by atoms with van der Waals surface area (Å²) in [5, 5.41) is 8.56. The van der Waals surface area contributed by atoms with Crippen molar-refractivity contribution in [3.63, 3.8) is 0 Å².